The summed E-state index contributed by atoms with van der Waals surface area (Å²) in [5.74, 6) is -1.48. The van der Waals surface area contributed by atoms with E-state index in [1.165, 1.54) is 18.2 Å². The van der Waals surface area contributed by atoms with Crippen molar-refractivity contribution in [1.82, 2.24) is 5.32 Å². The molecule has 78 valence electrons. The quantitative estimate of drug-likeness (QED) is 0.754. The maximum atomic E-state index is 12.7. The Morgan fingerprint density at radius 2 is 1.93 bits per heavy atom. The second-order valence-corrected chi connectivity index (χ2v) is 2.66. The first kappa shape index (κ1) is 12.6. The third-order valence-electron chi connectivity index (χ3n) is 1.30. The third kappa shape index (κ3) is 5.27. The van der Waals surface area contributed by atoms with E-state index in [4.69, 9.17) is 5.11 Å². The van der Waals surface area contributed by atoms with Gasteiger partial charge in [-0.05, 0) is 25.7 Å². The second-order valence-electron chi connectivity index (χ2n) is 2.66. The molecular formula is C10H14FNO2. The highest BCUT2D eigenvalue weighted by Crippen LogP contribution is 2.06. The maximum absolute atomic E-state index is 12.7. The normalized spacial score (nSPS) is 8.79. The van der Waals surface area contributed by atoms with Crippen LogP contribution in [0, 0.1) is 5.82 Å². The Kier molecular flexibility index (Phi) is 6.32. The molecule has 0 heterocycles. The molecule has 0 atom stereocenters. The van der Waals surface area contributed by atoms with Crippen molar-refractivity contribution >= 4 is 5.97 Å². The van der Waals surface area contributed by atoms with Gasteiger partial charge in [0.25, 0.3) is 0 Å². The lowest BCUT2D eigenvalue weighted by atomic mass is 10.1. The number of nitrogens with one attached hydrogen (secondary N) is 1. The third-order valence-corrected chi connectivity index (χ3v) is 1.30. The van der Waals surface area contributed by atoms with Crippen molar-refractivity contribution < 1.29 is 14.3 Å². The van der Waals surface area contributed by atoms with Crippen LogP contribution in [-0.2, 0) is 11.2 Å². The Balaban J connectivity index is 0.000000500. The summed E-state index contributed by atoms with van der Waals surface area (Å²) < 4.78 is 12.7. The van der Waals surface area contributed by atoms with Crippen molar-refractivity contribution in [2.45, 2.75) is 6.42 Å². The highest BCUT2D eigenvalue weighted by molar-refractivity contribution is 5.70. The van der Waals surface area contributed by atoms with Crippen molar-refractivity contribution in [3.8, 4) is 0 Å². The lowest BCUT2D eigenvalue weighted by molar-refractivity contribution is -0.136. The van der Waals surface area contributed by atoms with Gasteiger partial charge in [0.05, 0.1) is 6.42 Å². The van der Waals surface area contributed by atoms with Gasteiger partial charge in [-0.2, -0.15) is 0 Å². The SMILES string of the molecule is CNC.O=C(O)Cc1ccccc1F. The van der Waals surface area contributed by atoms with E-state index < -0.39 is 11.8 Å². The van der Waals surface area contributed by atoms with Crippen LogP contribution in [0.15, 0.2) is 24.3 Å². The molecule has 2 N–H and O–H groups in total. The molecule has 0 saturated carbocycles. The summed E-state index contributed by atoms with van der Waals surface area (Å²) in [6.07, 6.45) is -0.257. The topological polar surface area (TPSA) is 49.3 Å². The van der Waals surface area contributed by atoms with Crippen LogP contribution in [0.1, 0.15) is 5.56 Å². The Morgan fingerprint density at radius 1 is 1.43 bits per heavy atom. The van der Waals surface area contributed by atoms with Crippen molar-refractivity contribution in [1.29, 1.82) is 0 Å². The molecule has 0 aromatic heterocycles. The minimum Gasteiger partial charge on any atom is -0.481 e. The largest absolute Gasteiger partial charge is 0.481 e. The zero-order valence-corrected chi connectivity index (χ0v) is 8.25. The van der Waals surface area contributed by atoms with Gasteiger partial charge in [0.2, 0.25) is 0 Å². The van der Waals surface area contributed by atoms with E-state index in [0.29, 0.717) is 0 Å². The predicted octanol–water partition coefficient (Wildman–Crippen LogP) is 1.29. The zero-order chi connectivity index (χ0) is 11.0. The first-order valence-corrected chi connectivity index (χ1v) is 4.15. The Bertz CT molecular complexity index is 289. The fraction of sp³-hybridized carbons (Fsp3) is 0.300. The molecule has 14 heavy (non-hydrogen) atoms. The minimum atomic E-state index is -1.02. The van der Waals surface area contributed by atoms with Crippen molar-refractivity contribution in [3.05, 3.63) is 35.6 Å². The molecule has 0 radical (unpaired) electrons. The molecule has 1 aromatic carbocycles. The molecule has 0 spiro atoms. The molecule has 1 aromatic rings. The van der Waals surface area contributed by atoms with Crippen LogP contribution in [0.5, 0.6) is 0 Å². The van der Waals surface area contributed by atoms with Gasteiger partial charge in [0.1, 0.15) is 5.82 Å². The first-order valence-electron chi connectivity index (χ1n) is 4.15. The lowest BCUT2D eigenvalue weighted by Crippen LogP contribution is -2.01. The van der Waals surface area contributed by atoms with Gasteiger partial charge < -0.3 is 10.4 Å². The Morgan fingerprint density at radius 3 is 2.36 bits per heavy atom. The molecule has 4 heteroatoms. The number of benzene rings is 1. The van der Waals surface area contributed by atoms with Crippen LogP contribution in [-0.4, -0.2) is 25.2 Å². The van der Waals surface area contributed by atoms with Gasteiger partial charge in [-0.3, -0.25) is 4.79 Å². The molecule has 0 saturated heterocycles. The Hall–Kier alpha value is -1.42. The number of rotatable bonds is 2. The molecule has 0 aliphatic heterocycles. The summed E-state index contributed by atoms with van der Waals surface area (Å²) in [7, 11) is 3.75. The van der Waals surface area contributed by atoms with Gasteiger partial charge in [-0.15, -0.1) is 0 Å². The minimum absolute atomic E-state index is 0.222. The number of carboxylic acid groups (broad SMARTS) is 1. The maximum Gasteiger partial charge on any atom is 0.307 e. The van der Waals surface area contributed by atoms with Gasteiger partial charge in [0.15, 0.2) is 0 Å². The molecule has 1 rings (SSSR count). The number of halogens is 1. The van der Waals surface area contributed by atoms with Crippen LogP contribution in [0.2, 0.25) is 0 Å². The number of carboxylic acids is 1. The van der Waals surface area contributed by atoms with Crippen LogP contribution < -0.4 is 5.32 Å². The monoisotopic (exact) mass is 199 g/mol. The van der Waals surface area contributed by atoms with Crippen LogP contribution in [0.4, 0.5) is 4.39 Å². The number of hydrogen-bond acceptors (Lipinski definition) is 2. The molecule has 0 fully saturated rings. The molecule has 0 aliphatic rings. The van der Waals surface area contributed by atoms with E-state index in [1.54, 1.807) is 6.07 Å². The second kappa shape index (κ2) is 7.03. The van der Waals surface area contributed by atoms with E-state index in [0.717, 1.165) is 0 Å². The van der Waals surface area contributed by atoms with Crippen LogP contribution in [0.3, 0.4) is 0 Å². The van der Waals surface area contributed by atoms with Crippen molar-refractivity contribution in [2.75, 3.05) is 14.1 Å². The van der Waals surface area contributed by atoms with Gasteiger partial charge >= 0.3 is 5.97 Å². The molecular weight excluding hydrogens is 185 g/mol. The van der Waals surface area contributed by atoms with Gasteiger partial charge in [-0.25, -0.2) is 4.39 Å². The van der Waals surface area contributed by atoms with Crippen LogP contribution >= 0.6 is 0 Å². The fourth-order valence-electron chi connectivity index (χ4n) is 0.805. The van der Waals surface area contributed by atoms with E-state index in [9.17, 15) is 9.18 Å². The van der Waals surface area contributed by atoms with E-state index in [2.05, 4.69) is 5.32 Å². The average Bonchev–Trinajstić information content (AvgIpc) is 2.09. The predicted molar refractivity (Wildman–Crippen MR) is 52.7 cm³/mol. The molecule has 3 nitrogen and oxygen atoms in total. The van der Waals surface area contributed by atoms with E-state index in [-0.39, 0.29) is 12.0 Å². The van der Waals surface area contributed by atoms with E-state index in [1.807, 2.05) is 14.1 Å². The highest BCUT2D eigenvalue weighted by atomic mass is 19.1. The summed E-state index contributed by atoms with van der Waals surface area (Å²) >= 11 is 0. The van der Waals surface area contributed by atoms with Crippen LogP contribution in [0.25, 0.3) is 0 Å². The average molecular weight is 199 g/mol. The van der Waals surface area contributed by atoms with Crippen molar-refractivity contribution in [3.63, 3.8) is 0 Å². The lowest BCUT2D eigenvalue weighted by Gasteiger charge is -1.96. The highest BCUT2D eigenvalue weighted by Gasteiger charge is 2.04. The fourth-order valence-corrected chi connectivity index (χ4v) is 0.805. The van der Waals surface area contributed by atoms with Crippen molar-refractivity contribution in [2.24, 2.45) is 0 Å². The number of carbonyl (C=O) groups is 1. The number of aliphatic carboxylic acids is 1. The molecule has 0 aliphatic carbocycles. The summed E-state index contributed by atoms with van der Waals surface area (Å²) in [5, 5.41) is 11.1. The smallest absolute Gasteiger partial charge is 0.307 e. The summed E-state index contributed by atoms with van der Waals surface area (Å²) in [5.41, 5.74) is 0.222. The number of hydrogen-bond donors (Lipinski definition) is 2. The molecule has 0 amide bonds. The summed E-state index contributed by atoms with van der Waals surface area (Å²) in [6.45, 7) is 0. The summed E-state index contributed by atoms with van der Waals surface area (Å²) in [6, 6.07) is 5.85. The van der Waals surface area contributed by atoms with Gasteiger partial charge in [0, 0.05) is 0 Å². The standard InChI is InChI=1S/C8H7FO2.C2H7N/c9-7-4-2-1-3-6(7)5-8(10)11;1-3-2/h1-4H,5H2,(H,10,11);3H,1-2H3. The zero-order valence-electron chi connectivity index (χ0n) is 8.25. The molecule has 0 unspecified atom stereocenters. The van der Waals surface area contributed by atoms with Gasteiger partial charge in [-0.1, -0.05) is 18.2 Å². The first-order chi connectivity index (χ1) is 6.61. The molecule has 0 bridgehead atoms. The summed E-state index contributed by atoms with van der Waals surface area (Å²) in [4.78, 5) is 10.2. The Labute approximate surface area is 82.6 Å². The van der Waals surface area contributed by atoms with E-state index >= 15 is 0 Å².